The molecule has 0 aliphatic rings. The highest BCUT2D eigenvalue weighted by atomic mass is 16.4. The normalized spacial score (nSPS) is 13.9. The third-order valence-corrected chi connectivity index (χ3v) is 1.92. The van der Waals surface area contributed by atoms with E-state index in [9.17, 15) is 4.79 Å². The predicted molar refractivity (Wildman–Crippen MR) is 58.6 cm³/mol. The molecule has 0 aromatic rings. The number of nitrogens with zero attached hydrogens (tertiary/aromatic N) is 1. The van der Waals surface area contributed by atoms with E-state index in [4.69, 9.17) is 5.11 Å². The molecule has 0 heterocycles. The van der Waals surface area contributed by atoms with Crippen molar-refractivity contribution >= 4 is 12.2 Å². The van der Waals surface area contributed by atoms with Crippen LogP contribution in [0.1, 0.15) is 39.5 Å². The molecule has 0 bridgehead atoms. The molecule has 0 amide bonds. The Hall–Kier alpha value is -1.12. The summed E-state index contributed by atoms with van der Waals surface area (Å²) >= 11 is 0. The van der Waals surface area contributed by atoms with Gasteiger partial charge in [-0.05, 0) is 25.7 Å². The summed E-state index contributed by atoms with van der Waals surface area (Å²) in [5.74, 6) is -0.956. The maximum Gasteiger partial charge on any atom is 0.306 e. The van der Waals surface area contributed by atoms with Crippen LogP contribution in [0.15, 0.2) is 17.3 Å². The zero-order valence-corrected chi connectivity index (χ0v) is 8.94. The van der Waals surface area contributed by atoms with Crippen molar-refractivity contribution < 1.29 is 9.90 Å². The van der Waals surface area contributed by atoms with Crippen molar-refractivity contribution in [2.45, 2.75) is 39.5 Å². The van der Waals surface area contributed by atoms with E-state index in [1.165, 1.54) is 0 Å². The highest BCUT2D eigenvalue weighted by molar-refractivity contribution is 5.69. The average Bonchev–Trinajstić information content (AvgIpc) is 2.16. The van der Waals surface area contributed by atoms with Gasteiger partial charge in [-0.25, -0.2) is 0 Å². The molecule has 0 aliphatic heterocycles. The fraction of sp³-hybridized carbons (Fsp3) is 0.636. The van der Waals surface area contributed by atoms with Gasteiger partial charge in [0.2, 0.25) is 0 Å². The molecule has 0 saturated heterocycles. The Labute approximate surface area is 85.6 Å². The van der Waals surface area contributed by atoms with Crippen LogP contribution >= 0.6 is 0 Å². The van der Waals surface area contributed by atoms with Gasteiger partial charge < -0.3 is 5.11 Å². The summed E-state index contributed by atoms with van der Waals surface area (Å²) in [6.45, 7) is 3.79. The van der Waals surface area contributed by atoms with Gasteiger partial charge in [0, 0.05) is 12.4 Å². The minimum absolute atomic E-state index is 0.241. The molecule has 0 spiro atoms. The van der Waals surface area contributed by atoms with Crippen molar-refractivity contribution in [2.24, 2.45) is 10.9 Å². The molecule has 3 heteroatoms. The summed E-state index contributed by atoms with van der Waals surface area (Å²) in [5, 5.41) is 8.61. The minimum Gasteiger partial charge on any atom is -0.481 e. The lowest BCUT2D eigenvalue weighted by Gasteiger charge is -2.02. The molecule has 0 aliphatic carbocycles. The number of carboxylic acids is 1. The lowest BCUT2D eigenvalue weighted by molar-refractivity contribution is -0.141. The molecule has 0 rings (SSSR count). The summed E-state index contributed by atoms with van der Waals surface area (Å²) in [6.07, 6.45) is 9.05. The summed E-state index contributed by atoms with van der Waals surface area (Å²) < 4.78 is 0. The van der Waals surface area contributed by atoms with Crippen LogP contribution in [0.3, 0.4) is 0 Å². The fourth-order valence-corrected chi connectivity index (χ4v) is 0.940. The lowest BCUT2D eigenvalue weighted by Crippen LogP contribution is -2.08. The maximum atomic E-state index is 10.5. The summed E-state index contributed by atoms with van der Waals surface area (Å²) in [7, 11) is 0. The number of hydrogen-bond acceptors (Lipinski definition) is 2. The molecule has 1 N–H and O–H groups in total. The van der Waals surface area contributed by atoms with Gasteiger partial charge in [-0.3, -0.25) is 9.79 Å². The Balaban J connectivity index is 3.42. The smallest absolute Gasteiger partial charge is 0.306 e. The van der Waals surface area contributed by atoms with Gasteiger partial charge in [0.15, 0.2) is 0 Å². The molecule has 14 heavy (non-hydrogen) atoms. The van der Waals surface area contributed by atoms with Crippen LogP contribution in [0.4, 0.5) is 0 Å². The van der Waals surface area contributed by atoms with E-state index in [1.54, 1.807) is 13.1 Å². The minimum atomic E-state index is -0.715. The quantitative estimate of drug-likeness (QED) is 0.504. The van der Waals surface area contributed by atoms with E-state index in [0.29, 0.717) is 0 Å². The Morgan fingerprint density at radius 1 is 1.57 bits per heavy atom. The number of hydrogen-bond donors (Lipinski definition) is 1. The standard InChI is InChI=1S/C11H19NO2/c1-3-4-8-12-9-6-5-7-10(2)11(13)14/h4,8-10H,3,5-7H2,1-2H3,(H,13,14)/b8-4+,12-9?. The third-order valence-electron chi connectivity index (χ3n) is 1.92. The van der Waals surface area contributed by atoms with Gasteiger partial charge in [-0.15, -0.1) is 0 Å². The molecule has 1 unspecified atom stereocenters. The zero-order valence-electron chi connectivity index (χ0n) is 8.94. The molecule has 80 valence electrons. The Bertz CT molecular complexity index is 209. The summed E-state index contributed by atoms with van der Waals surface area (Å²) in [5.41, 5.74) is 0. The van der Waals surface area contributed by atoms with Gasteiger partial charge in [-0.2, -0.15) is 0 Å². The first kappa shape index (κ1) is 12.9. The van der Waals surface area contributed by atoms with Gasteiger partial charge in [0.05, 0.1) is 5.92 Å². The van der Waals surface area contributed by atoms with Crippen LogP contribution in [-0.2, 0) is 4.79 Å². The second kappa shape index (κ2) is 8.48. The number of rotatable bonds is 7. The van der Waals surface area contributed by atoms with E-state index in [1.807, 2.05) is 12.3 Å². The first-order valence-corrected chi connectivity index (χ1v) is 5.08. The second-order valence-electron chi connectivity index (χ2n) is 3.29. The van der Waals surface area contributed by atoms with Crippen molar-refractivity contribution in [3.8, 4) is 0 Å². The highest BCUT2D eigenvalue weighted by Crippen LogP contribution is 2.06. The van der Waals surface area contributed by atoms with Crippen LogP contribution in [0.25, 0.3) is 0 Å². The molecule has 0 saturated carbocycles. The van der Waals surface area contributed by atoms with E-state index < -0.39 is 5.97 Å². The first-order valence-electron chi connectivity index (χ1n) is 5.08. The van der Waals surface area contributed by atoms with Crippen molar-refractivity contribution in [3.05, 3.63) is 12.3 Å². The second-order valence-corrected chi connectivity index (χ2v) is 3.29. The fourth-order valence-electron chi connectivity index (χ4n) is 0.940. The van der Waals surface area contributed by atoms with Crippen LogP contribution in [0.5, 0.6) is 0 Å². The predicted octanol–water partition coefficient (Wildman–Crippen LogP) is 2.87. The maximum absolute atomic E-state index is 10.5. The Morgan fingerprint density at radius 2 is 2.29 bits per heavy atom. The van der Waals surface area contributed by atoms with Crippen LogP contribution < -0.4 is 0 Å². The average molecular weight is 197 g/mol. The largest absolute Gasteiger partial charge is 0.481 e. The lowest BCUT2D eigenvalue weighted by atomic mass is 10.1. The number of aliphatic imine (C=N–C) groups is 1. The monoisotopic (exact) mass is 197 g/mol. The molecule has 0 aromatic carbocycles. The molecular weight excluding hydrogens is 178 g/mol. The zero-order chi connectivity index (χ0) is 10.8. The number of carbonyl (C=O) groups is 1. The molecule has 3 nitrogen and oxygen atoms in total. The topological polar surface area (TPSA) is 49.7 Å². The van der Waals surface area contributed by atoms with E-state index >= 15 is 0 Å². The molecular formula is C11H19NO2. The van der Waals surface area contributed by atoms with E-state index in [0.717, 1.165) is 25.7 Å². The molecule has 0 fully saturated rings. The molecule has 1 atom stereocenters. The van der Waals surface area contributed by atoms with Crippen LogP contribution in [0.2, 0.25) is 0 Å². The van der Waals surface area contributed by atoms with Crippen molar-refractivity contribution in [3.63, 3.8) is 0 Å². The summed E-state index contributed by atoms with van der Waals surface area (Å²) in [4.78, 5) is 14.5. The Morgan fingerprint density at radius 3 is 2.86 bits per heavy atom. The summed E-state index contributed by atoms with van der Waals surface area (Å²) in [6, 6.07) is 0. The van der Waals surface area contributed by atoms with Crippen molar-refractivity contribution in [2.75, 3.05) is 0 Å². The number of unbranched alkanes of at least 4 members (excludes halogenated alkanes) is 1. The Kier molecular flexibility index (Phi) is 7.80. The first-order chi connectivity index (χ1) is 6.68. The van der Waals surface area contributed by atoms with Gasteiger partial charge in [-0.1, -0.05) is 19.9 Å². The van der Waals surface area contributed by atoms with Gasteiger partial charge in [0.25, 0.3) is 0 Å². The number of carboxylic acid groups (broad SMARTS) is 1. The van der Waals surface area contributed by atoms with E-state index in [-0.39, 0.29) is 5.92 Å². The SMILES string of the molecule is CC/C=C/N=CCCCC(C)C(=O)O. The third kappa shape index (κ3) is 7.53. The van der Waals surface area contributed by atoms with Crippen LogP contribution in [-0.4, -0.2) is 17.3 Å². The number of allylic oxidation sites excluding steroid dienone is 1. The highest BCUT2D eigenvalue weighted by Gasteiger charge is 2.08. The van der Waals surface area contributed by atoms with Crippen molar-refractivity contribution in [1.82, 2.24) is 0 Å². The van der Waals surface area contributed by atoms with E-state index in [2.05, 4.69) is 11.9 Å². The van der Waals surface area contributed by atoms with Crippen molar-refractivity contribution in [1.29, 1.82) is 0 Å². The van der Waals surface area contributed by atoms with Gasteiger partial charge in [0.1, 0.15) is 0 Å². The molecule has 0 radical (unpaired) electrons. The van der Waals surface area contributed by atoms with Gasteiger partial charge >= 0.3 is 5.97 Å². The molecule has 0 aromatic heterocycles. The van der Waals surface area contributed by atoms with Crippen LogP contribution in [0, 0.1) is 5.92 Å². The number of aliphatic carboxylic acids is 1.